The molecule has 1 aromatic rings. The molecule has 2 amide bonds. The molecule has 2 rings (SSSR count). The van der Waals surface area contributed by atoms with Crippen LogP contribution in [0.2, 0.25) is 0 Å². The van der Waals surface area contributed by atoms with Gasteiger partial charge in [0.2, 0.25) is 0 Å². The number of nitrogens with zero attached hydrogens (tertiary/aromatic N) is 1. The first-order valence-electron chi connectivity index (χ1n) is 7.54. The van der Waals surface area contributed by atoms with Crippen molar-refractivity contribution in [1.29, 1.82) is 0 Å². The number of hydrogen-bond donors (Lipinski definition) is 2. The lowest BCUT2D eigenvalue weighted by atomic mass is 9.98. The van der Waals surface area contributed by atoms with Gasteiger partial charge in [-0.15, -0.1) is 0 Å². The molecule has 1 aromatic carbocycles. The molecule has 0 saturated carbocycles. The summed E-state index contributed by atoms with van der Waals surface area (Å²) in [6.07, 6.45) is 3.66. The fourth-order valence-corrected chi connectivity index (χ4v) is 3.24. The largest absolute Gasteiger partial charge is 0.396 e. The van der Waals surface area contributed by atoms with Crippen molar-refractivity contribution in [3.8, 4) is 0 Å². The van der Waals surface area contributed by atoms with Gasteiger partial charge in [-0.25, -0.2) is 9.18 Å². The molecule has 1 aliphatic heterocycles. The number of nitrogens with one attached hydrogen (secondary N) is 1. The molecule has 0 radical (unpaired) electrons. The lowest BCUT2D eigenvalue weighted by Crippen LogP contribution is -2.44. The summed E-state index contributed by atoms with van der Waals surface area (Å²) in [5.41, 5.74) is 1.88. The number of carbonyl (C=O) groups excluding carboxylic acids is 1. The van der Waals surface area contributed by atoms with Crippen molar-refractivity contribution >= 4 is 17.8 Å². The maximum atomic E-state index is 13.3. The molecule has 0 aliphatic carbocycles. The predicted octanol–water partition coefficient (Wildman–Crippen LogP) is 2.60. The molecule has 2 N–H and O–H groups in total. The van der Waals surface area contributed by atoms with Crippen LogP contribution in [0, 0.1) is 11.7 Å². The van der Waals surface area contributed by atoms with Crippen molar-refractivity contribution in [3.63, 3.8) is 0 Å². The number of aliphatic hydroxyl groups excluding tert-OH is 1. The van der Waals surface area contributed by atoms with Crippen molar-refractivity contribution in [3.05, 3.63) is 35.1 Å². The second-order valence-corrected chi connectivity index (χ2v) is 6.48. The van der Waals surface area contributed by atoms with Gasteiger partial charge in [0.1, 0.15) is 5.82 Å². The number of amides is 2. The van der Waals surface area contributed by atoms with E-state index in [-0.39, 0.29) is 18.5 Å². The minimum Gasteiger partial charge on any atom is -0.396 e. The summed E-state index contributed by atoms with van der Waals surface area (Å²) in [7, 11) is 0. The van der Waals surface area contributed by atoms with E-state index in [1.54, 1.807) is 22.7 Å². The van der Waals surface area contributed by atoms with Gasteiger partial charge >= 0.3 is 6.03 Å². The normalized spacial score (nSPS) is 15.9. The molecular formula is C16H23FN2O2S. The van der Waals surface area contributed by atoms with E-state index in [4.69, 9.17) is 5.11 Å². The predicted molar refractivity (Wildman–Crippen MR) is 87.2 cm³/mol. The van der Waals surface area contributed by atoms with E-state index in [9.17, 15) is 9.18 Å². The summed E-state index contributed by atoms with van der Waals surface area (Å²) in [4.78, 5) is 14.0. The summed E-state index contributed by atoms with van der Waals surface area (Å²) >= 11 is 1.63. The fourth-order valence-electron chi connectivity index (χ4n) is 2.66. The van der Waals surface area contributed by atoms with E-state index in [0.717, 1.165) is 29.7 Å². The number of hydrogen-bond acceptors (Lipinski definition) is 3. The van der Waals surface area contributed by atoms with Gasteiger partial charge < -0.3 is 15.3 Å². The summed E-state index contributed by atoms with van der Waals surface area (Å²) in [6.45, 7) is 1.97. The van der Waals surface area contributed by atoms with Crippen LogP contribution in [0.25, 0.3) is 0 Å². The Kier molecular flexibility index (Phi) is 6.51. The number of halogens is 1. The van der Waals surface area contributed by atoms with Crippen LogP contribution in [0.1, 0.15) is 24.0 Å². The minimum absolute atomic E-state index is 0.0872. The molecule has 22 heavy (non-hydrogen) atoms. The standard InChI is InChI=1S/C16H23FN2O2S/c1-22-11-14-8-15(17)3-2-13(14)9-18-16(21)19-6-4-12(10-20)5-7-19/h2-3,8,12,20H,4-7,9-11H2,1H3,(H,18,21). The van der Waals surface area contributed by atoms with Gasteiger partial charge in [-0.05, 0) is 48.3 Å². The lowest BCUT2D eigenvalue weighted by Gasteiger charge is -2.31. The molecule has 0 unspecified atom stereocenters. The number of benzene rings is 1. The third-order valence-electron chi connectivity index (χ3n) is 4.06. The van der Waals surface area contributed by atoms with Crippen LogP contribution in [0.4, 0.5) is 9.18 Å². The first-order valence-corrected chi connectivity index (χ1v) is 8.93. The molecule has 1 heterocycles. The van der Waals surface area contributed by atoms with Crippen molar-refractivity contribution in [2.75, 3.05) is 26.0 Å². The van der Waals surface area contributed by atoms with E-state index >= 15 is 0 Å². The Hall–Kier alpha value is -1.27. The van der Waals surface area contributed by atoms with Gasteiger partial charge in [0, 0.05) is 32.0 Å². The minimum atomic E-state index is -0.245. The van der Waals surface area contributed by atoms with Crippen LogP contribution in [-0.4, -0.2) is 42.0 Å². The molecule has 0 aromatic heterocycles. The maximum Gasteiger partial charge on any atom is 0.317 e. The molecule has 4 nitrogen and oxygen atoms in total. The summed E-state index contributed by atoms with van der Waals surface area (Å²) in [6, 6.07) is 4.61. The van der Waals surface area contributed by atoms with Crippen molar-refractivity contribution in [2.24, 2.45) is 5.92 Å². The molecule has 0 spiro atoms. The molecule has 0 atom stereocenters. The van der Waals surface area contributed by atoms with Gasteiger partial charge in [-0.3, -0.25) is 0 Å². The van der Waals surface area contributed by atoms with E-state index in [1.165, 1.54) is 12.1 Å². The fraction of sp³-hybridized carbons (Fsp3) is 0.562. The first kappa shape index (κ1) is 17.1. The van der Waals surface area contributed by atoms with E-state index in [0.29, 0.717) is 25.6 Å². The molecule has 122 valence electrons. The Bertz CT molecular complexity index is 505. The van der Waals surface area contributed by atoms with E-state index in [2.05, 4.69) is 5.32 Å². The Morgan fingerprint density at radius 2 is 2.14 bits per heavy atom. The number of rotatable bonds is 5. The zero-order valence-electron chi connectivity index (χ0n) is 12.8. The van der Waals surface area contributed by atoms with Crippen LogP contribution in [-0.2, 0) is 12.3 Å². The molecule has 1 aliphatic rings. The zero-order chi connectivity index (χ0) is 15.9. The second kappa shape index (κ2) is 8.39. The van der Waals surface area contributed by atoms with Gasteiger partial charge in [0.25, 0.3) is 0 Å². The molecule has 0 bridgehead atoms. The highest BCUT2D eigenvalue weighted by Crippen LogP contribution is 2.18. The number of carbonyl (C=O) groups is 1. The molecular weight excluding hydrogens is 303 g/mol. The first-order chi connectivity index (χ1) is 10.6. The third-order valence-corrected chi connectivity index (χ3v) is 4.66. The van der Waals surface area contributed by atoms with Crippen LogP contribution in [0.5, 0.6) is 0 Å². The van der Waals surface area contributed by atoms with Crippen molar-refractivity contribution in [1.82, 2.24) is 10.2 Å². The highest BCUT2D eigenvalue weighted by molar-refractivity contribution is 7.97. The van der Waals surface area contributed by atoms with Gasteiger partial charge in [-0.2, -0.15) is 11.8 Å². The lowest BCUT2D eigenvalue weighted by molar-refractivity contribution is 0.137. The quantitative estimate of drug-likeness (QED) is 0.874. The van der Waals surface area contributed by atoms with Crippen molar-refractivity contribution in [2.45, 2.75) is 25.1 Å². The maximum absolute atomic E-state index is 13.3. The Balaban J connectivity index is 1.88. The Morgan fingerprint density at radius 3 is 2.77 bits per heavy atom. The Morgan fingerprint density at radius 1 is 1.41 bits per heavy atom. The number of likely N-dealkylation sites (tertiary alicyclic amines) is 1. The van der Waals surface area contributed by atoms with Gasteiger partial charge in [0.05, 0.1) is 0 Å². The van der Waals surface area contributed by atoms with E-state index < -0.39 is 0 Å². The second-order valence-electron chi connectivity index (χ2n) is 5.62. The number of aliphatic hydroxyl groups is 1. The number of thioether (sulfide) groups is 1. The monoisotopic (exact) mass is 326 g/mol. The van der Waals surface area contributed by atoms with Crippen LogP contribution < -0.4 is 5.32 Å². The molecule has 6 heteroatoms. The topological polar surface area (TPSA) is 52.6 Å². The average molecular weight is 326 g/mol. The number of piperidine rings is 1. The van der Waals surface area contributed by atoms with Gasteiger partial charge in [-0.1, -0.05) is 6.07 Å². The zero-order valence-corrected chi connectivity index (χ0v) is 13.7. The van der Waals surface area contributed by atoms with Crippen LogP contribution in [0.3, 0.4) is 0 Å². The number of urea groups is 1. The van der Waals surface area contributed by atoms with Gasteiger partial charge in [0.15, 0.2) is 0 Å². The third kappa shape index (κ3) is 4.61. The van der Waals surface area contributed by atoms with Crippen molar-refractivity contribution < 1.29 is 14.3 Å². The summed E-state index contributed by atoms with van der Waals surface area (Å²) < 4.78 is 13.3. The SMILES string of the molecule is CSCc1cc(F)ccc1CNC(=O)N1CCC(CO)CC1. The van der Waals surface area contributed by atoms with E-state index in [1.807, 2.05) is 6.26 Å². The molecule has 1 fully saturated rings. The highest BCUT2D eigenvalue weighted by Gasteiger charge is 2.22. The highest BCUT2D eigenvalue weighted by atomic mass is 32.2. The van der Waals surface area contributed by atoms with Crippen LogP contribution >= 0.6 is 11.8 Å². The smallest absolute Gasteiger partial charge is 0.317 e. The van der Waals surface area contributed by atoms with Crippen LogP contribution in [0.15, 0.2) is 18.2 Å². The summed E-state index contributed by atoms with van der Waals surface area (Å²) in [5.74, 6) is 0.796. The average Bonchev–Trinajstić information content (AvgIpc) is 2.54. The summed E-state index contributed by atoms with van der Waals surface area (Å²) in [5, 5.41) is 12.0. The molecule has 1 saturated heterocycles. The Labute approximate surface area is 135 Å².